The molecule has 0 saturated carbocycles. The number of H-pyrrole nitrogens is 1. The van der Waals surface area contributed by atoms with Crippen LogP contribution in [0.25, 0.3) is 10.9 Å². The maximum atomic E-state index is 11.9. The largest absolute Gasteiger partial charge is 0.396 e. The molecule has 8 nitrogen and oxygen atoms in total. The number of nitrogens with zero attached hydrogens (tertiary/aromatic N) is 5. The lowest BCUT2D eigenvalue weighted by Gasteiger charge is -2.38. The minimum Gasteiger partial charge on any atom is -0.396 e. The fourth-order valence-electron chi connectivity index (χ4n) is 5.31. The zero-order chi connectivity index (χ0) is 22.2. The van der Waals surface area contributed by atoms with Crippen molar-refractivity contribution in [2.24, 2.45) is 5.92 Å². The molecule has 2 unspecified atom stereocenters. The summed E-state index contributed by atoms with van der Waals surface area (Å²) >= 11 is 0. The predicted octanol–water partition coefficient (Wildman–Crippen LogP) is 1.99. The van der Waals surface area contributed by atoms with E-state index in [1.165, 1.54) is 17.2 Å². The maximum Gasteiger partial charge on any atom is 0.246 e. The molecule has 0 bridgehead atoms. The van der Waals surface area contributed by atoms with Crippen LogP contribution in [0.2, 0.25) is 0 Å². The molecule has 2 aliphatic rings. The molecule has 2 aromatic heterocycles. The van der Waals surface area contributed by atoms with Gasteiger partial charge in [-0.2, -0.15) is 5.10 Å². The molecule has 1 saturated heterocycles. The van der Waals surface area contributed by atoms with Gasteiger partial charge in [-0.05, 0) is 54.9 Å². The Hall–Kier alpha value is -3.26. The molecular weight excluding hydrogens is 404 g/mol. The number of piperazine rings is 1. The molecule has 166 valence electrons. The summed E-state index contributed by atoms with van der Waals surface area (Å²) in [6.45, 7) is 8.57. The van der Waals surface area contributed by atoms with Gasteiger partial charge in [0.05, 0.1) is 11.7 Å². The molecule has 3 aromatic rings. The number of fused-ring (bicyclic) bond motifs is 2. The number of benzene rings is 1. The van der Waals surface area contributed by atoms with E-state index in [0.29, 0.717) is 13.1 Å². The molecule has 32 heavy (non-hydrogen) atoms. The van der Waals surface area contributed by atoms with Crippen LogP contribution in [-0.4, -0.2) is 68.9 Å². The zero-order valence-corrected chi connectivity index (χ0v) is 18.3. The summed E-state index contributed by atoms with van der Waals surface area (Å²) < 4.78 is 0. The van der Waals surface area contributed by atoms with Gasteiger partial charge in [0.15, 0.2) is 0 Å². The van der Waals surface area contributed by atoms with E-state index in [1.807, 2.05) is 11.1 Å². The van der Waals surface area contributed by atoms with E-state index < -0.39 is 0 Å². The average molecular weight is 433 g/mol. The zero-order valence-electron chi connectivity index (χ0n) is 18.3. The molecule has 3 heterocycles. The molecule has 1 fully saturated rings. The van der Waals surface area contributed by atoms with Crippen molar-refractivity contribution in [1.29, 1.82) is 0 Å². The van der Waals surface area contributed by atoms with Gasteiger partial charge in [0.1, 0.15) is 12.1 Å². The Labute approximate surface area is 187 Å². The van der Waals surface area contributed by atoms with E-state index in [-0.39, 0.29) is 24.3 Å². The average Bonchev–Trinajstić information content (AvgIpc) is 3.31. The van der Waals surface area contributed by atoms with Gasteiger partial charge in [-0.15, -0.1) is 0 Å². The number of aromatic amines is 1. The van der Waals surface area contributed by atoms with Crippen LogP contribution in [0.5, 0.6) is 0 Å². The SMILES string of the molecule is C=CC(=O)N1CCN(c2ncnc3c2CC(CO)C(c2c(C)ccc4[nH]ncc24)C3)CC1. The van der Waals surface area contributed by atoms with Crippen LogP contribution in [0.4, 0.5) is 5.82 Å². The molecular formula is C24H28N6O2. The van der Waals surface area contributed by atoms with Gasteiger partial charge in [0.2, 0.25) is 5.91 Å². The number of carbonyl (C=O) groups is 1. The number of carbonyl (C=O) groups excluding carboxylic acids is 1. The van der Waals surface area contributed by atoms with Crippen LogP contribution in [0, 0.1) is 12.8 Å². The third kappa shape index (κ3) is 3.44. The highest BCUT2D eigenvalue weighted by molar-refractivity contribution is 5.87. The molecule has 1 aliphatic carbocycles. The van der Waals surface area contributed by atoms with Gasteiger partial charge in [0, 0.05) is 49.4 Å². The lowest BCUT2D eigenvalue weighted by atomic mass is 9.72. The summed E-state index contributed by atoms with van der Waals surface area (Å²) in [4.78, 5) is 25.3. The summed E-state index contributed by atoms with van der Waals surface area (Å²) in [6, 6.07) is 4.18. The van der Waals surface area contributed by atoms with Gasteiger partial charge in [-0.1, -0.05) is 12.6 Å². The van der Waals surface area contributed by atoms with Crippen molar-refractivity contribution < 1.29 is 9.90 Å². The number of aliphatic hydroxyl groups is 1. The Kier molecular flexibility index (Phi) is 5.38. The van der Waals surface area contributed by atoms with Crippen molar-refractivity contribution in [1.82, 2.24) is 25.1 Å². The molecule has 5 rings (SSSR count). The minimum absolute atomic E-state index is 0.0265. The van der Waals surface area contributed by atoms with Crippen LogP contribution < -0.4 is 4.90 Å². The van der Waals surface area contributed by atoms with Crippen molar-refractivity contribution in [2.45, 2.75) is 25.7 Å². The number of aryl methyl sites for hydroxylation is 1. The molecule has 0 spiro atoms. The summed E-state index contributed by atoms with van der Waals surface area (Å²) in [6.07, 6.45) is 6.40. The lowest BCUT2D eigenvalue weighted by molar-refractivity contribution is -0.126. The Balaban J connectivity index is 1.47. The summed E-state index contributed by atoms with van der Waals surface area (Å²) in [5.74, 6) is 1.16. The van der Waals surface area contributed by atoms with Gasteiger partial charge in [-0.3, -0.25) is 9.89 Å². The summed E-state index contributed by atoms with van der Waals surface area (Å²) in [5.41, 5.74) is 5.65. The Morgan fingerprint density at radius 1 is 1.25 bits per heavy atom. The first kappa shape index (κ1) is 20.6. The second-order valence-corrected chi connectivity index (χ2v) is 8.72. The second-order valence-electron chi connectivity index (χ2n) is 8.72. The van der Waals surface area contributed by atoms with Gasteiger partial charge < -0.3 is 14.9 Å². The first-order valence-corrected chi connectivity index (χ1v) is 11.1. The van der Waals surface area contributed by atoms with Crippen molar-refractivity contribution in [2.75, 3.05) is 37.7 Å². The lowest BCUT2D eigenvalue weighted by Crippen LogP contribution is -2.49. The number of hydrogen-bond donors (Lipinski definition) is 2. The first-order valence-electron chi connectivity index (χ1n) is 11.1. The van der Waals surface area contributed by atoms with Crippen LogP contribution in [0.15, 0.2) is 37.3 Å². The van der Waals surface area contributed by atoms with E-state index in [4.69, 9.17) is 0 Å². The fraction of sp³-hybridized carbons (Fsp3) is 0.417. The number of anilines is 1. The van der Waals surface area contributed by atoms with Gasteiger partial charge >= 0.3 is 0 Å². The number of amides is 1. The van der Waals surface area contributed by atoms with Crippen LogP contribution in [-0.2, 0) is 17.6 Å². The third-order valence-electron chi connectivity index (χ3n) is 7.02. The highest BCUT2D eigenvalue weighted by Crippen LogP contribution is 2.42. The van der Waals surface area contributed by atoms with E-state index >= 15 is 0 Å². The number of hydrogen-bond acceptors (Lipinski definition) is 6. The molecule has 1 amide bonds. The fourth-order valence-corrected chi connectivity index (χ4v) is 5.31. The Morgan fingerprint density at radius 3 is 2.81 bits per heavy atom. The predicted molar refractivity (Wildman–Crippen MR) is 123 cm³/mol. The van der Waals surface area contributed by atoms with Crippen LogP contribution >= 0.6 is 0 Å². The van der Waals surface area contributed by atoms with E-state index in [9.17, 15) is 9.90 Å². The quantitative estimate of drug-likeness (QED) is 0.612. The van der Waals surface area contributed by atoms with E-state index in [0.717, 1.165) is 53.9 Å². The number of rotatable bonds is 4. The third-order valence-corrected chi connectivity index (χ3v) is 7.02. The van der Waals surface area contributed by atoms with Gasteiger partial charge in [0.25, 0.3) is 0 Å². The number of aromatic nitrogens is 4. The van der Waals surface area contributed by atoms with Crippen molar-refractivity contribution in [3.63, 3.8) is 0 Å². The van der Waals surface area contributed by atoms with Gasteiger partial charge in [-0.25, -0.2) is 9.97 Å². The maximum absolute atomic E-state index is 11.9. The van der Waals surface area contributed by atoms with Crippen molar-refractivity contribution in [3.8, 4) is 0 Å². The standard InChI is InChI=1S/C24H28N6O2/c1-3-22(32)29-6-8-30(9-7-29)24-18-10-16(13-31)17(11-21(18)25-14-26-24)23-15(2)4-5-20-19(23)12-27-28-20/h3-5,12,14,16-17,31H,1,6-11,13H2,2H3,(H,27,28). The summed E-state index contributed by atoms with van der Waals surface area (Å²) in [7, 11) is 0. The summed E-state index contributed by atoms with van der Waals surface area (Å²) in [5, 5.41) is 18.8. The number of nitrogens with one attached hydrogen (secondary N) is 1. The number of aliphatic hydroxyl groups excluding tert-OH is 1. The highest BCUT2D eigenvalue weighted by atomic mass is 16.3. The first-order chi connectivity index (χ1) is 15.6. The molecule has 1 aromatic carbocycles. The Bertz CT molecular complexity index is 1160. The molecule has 0 radical (unpaired) electrons. The van der Waals surface area contributed by atoms with Crippen LogP contribution in [0.1, 0.15) is 28.3 Å². The van der Waals surface area contributed by atoms with E-state index in [2.05, 4.69) is 50.7 Å². The van der Waals surface area contributed by atoms with Crippen molar-refractivity contribution >= 4 is 22.6 Å². The second kappa shape index (κ2) is 8.35. The van der Waals surface area contributed by atoms with Crippen LogP contribution in [0.3, 0.4) is 0 Å². The molecule has 8 heteroatoms. The minimum atomic E-state index is -0.0265. The normalized spacial score (nSPS) is 20.9. The Morgan fingerprint density at radius 2 is 2.06 bits per heavy atom. The molecule has 1 aliphatic heterocycles. The highest BCUT2D eigenvalue weighted by Gasteiger charge is 2.35. The molecule has 2 atom stereocenters. The molecule has 2 N–H and O–H groups in total. The topological polar surface area (TPSA) is 98.2 Å². The van der Waals surface area contributed by atoms with Crippen molar-refractivity contribution in [3.05, 3.63) is 59.7 Å². The monoisotopic (exact) mass is 432 g/mol. The van der Waals surface area contributed by atoms with E-state index in [1.54, 1.807) is 6.33 Å². The smallest absolute Gasteiger partial charge is 0.246 e.